The highest BCUT2D eigenvalue weighted by Crippen LogP contribution is 2.35. The molecule has 3 nitrogen and oxygen atoms in total. The van der Waals surface area contributed by atoms with Crippen LogP contribution in [0.2, 0.25) is 5.28 Å². The molecule has 1 aromatic heterocycles. The fourth-order valence-electron chi connectivity index (χ4n) is 1.90. The molecule has 0 spiro atoms. The molecule has 7 heteroatoms. The van der Waals surface area contributed by atoms with Gasteiger partial charge in [-0.25, -0.2) is 9.97 Å². The van der Waals surface area contributed by atoms with E-state index in [4.69, 9.17) is 11.6 Å². The fraction of sp³-hybridized carbons (Fsp3) is 0.667. The largest absolute Gasteiger partial charge is 0.433 e. The predicted molar refractivity (Wildman–Crippen MR) is 67.3 cm³/mol. The third kappa shape index (κ3) is 3.72. The van der Waals surface area contributed by atoms with Crippen LogP contribution in [0.25, 0.3) is 0 Å². The second kappa shape index (κ2) is 5.53. The van der Waals surface area contributed by atoms with Crippen LogP contribution < -0.4 is 4.90 Å². The van der Waals surface area contributed by atoms with Crippen molar-refractivity contribution in [2.75, 3.05) is 11.4 Å². The van der Waals surface area contributed by atoms with Crippen LogP contribution in [0.5, 0.6) is 0 Å². The molecule has 0 aromatic carbocycles. The Bertz CT molecular complexity index is 446. The molecular weight excluding hydrogens is 279 g/mol. The van der Waals surface area contributed by atoms with Crippen LogP contribution >= 0.6 is 11.6 Å². The second-order valence-corrected chi connectivity index (χ2v) is 4.99. The van der Waals surface area contributed by atoms with Gasteiger partial charge in [0.15, 0.2) is 5.69 Å². The number of hydrogen-bond donors (Lipinski definition) is 0. The van der Waals surface area contributed by atoms with E-state index < -0.39 is 11.9 Å². The van der Waals surface area contributed by atoms with Crippen molar-refractivity contribution in [3.63, 3.8) is 0 Å². The molecule has 0 atom stereocenters. The molecule has 0 N–H and O–H groups in total. The molecule has 106 valence electrons. The van der Waals surface area contributed by atoms with E-state index in [1.54, 1.807) is 0 Å². The Morgan fingerprint density at radius 3 is 2.58 bits per heavy atom. The minimum absolute atomic E-state index is 0.281. The van der Waals surface area contributed by atoms with Crippen molar-refractivity contribution < 1.29 is 13.2 Å². The van der Waals surface area contributed by atoms with Crippen LogP contribution in [0.1, 0.15) is 38.3 Å². The quantitative estimate of drug-likeness (QED) is 0.771. The van der Waals surface area contributed by atoms with Gasteiger partial charge in [0, 0.05) is 18.7 Å². The van der Waals surface area contributed by atoms with E-state index in [1.807, 2.05) is 11.8 Å². The van der Waals surface area contributed by atoms with Crippen LogP contribution in [0.15, 0.2) is 6.07 Å². The Morgan fingerprint density at radius 1 is 1.37 bits per heavy atom. The summed E-state index contributed by atoms with van der Waals surface area (Å²) in [6.45, 7) is 2.74. The van der Waals surface area contributed by atoms with Gasteiger partial charge in [0.1, 0.15) is 5.82 Å². The van der Waals surface area contributed by atoms with E-state index in [0.717, 1.165) is 31.7 Å². The van der Waals surface area contributed by atoms with Crippen molar-refractivity contribution in [1.29, 1.82) is 0 Å². The molecule has 0 amide bonds. The van der Waals surface area contributed by atoms with Crippen molar-refractivity contribution in [2.24, 2.45) is 0 Å². The number of hydrogen-bond acceptors (Lipinski definition) is 3. The second-order valence-electron chi connectivity index (χ2n) is 4.66. The van der Waals surface area contributed by atoms with Gasteiger partial charge in [-0.05, 0) is 30.9 Å². The highest BCUT2D eigenvalue weighted by Gasteiger charge is 2.36. The predicted octanol–water partition coefficient (Wildman–Crippen LogP) is 3.92. The Balaban J connectivity index is 2.28. The average Bonchev–Trinajstić information content (AvgIpc) is 3.12. The van der Waals surface area contributed by atoms with Gasteiger partial charge in [-0.15, -0.1) is 0 Å². The highest BCUT2D eigenvalue weighted by molar-refractivity contribution is 6.28. The van der Waals surface area contributed by atoms with Gasteiger partial charge < -0.3 is 4.90 Å². The maximum absolute atomic E-state index is 12.7. The first-order valence-electron chi connectivity index (χ1n) is 6.30. The first-order valence-corrected chi connectivity index (χ1v) is 6.68. The number of alkyl halides is 3. The van der Waals surface area contributed by atoms with Crippen molar-refractivity contribution in [3.05, 3.63) is 17.0 Å². The zero-order valence-corrected chi connectivity index (χ0v) is 11.3. The number of halogens is 4. The van der Waals surface area contributed by atoms with Crippen LogP contribution in [-0.4, -0.2) is 22.6 Å². The normalized spacial score (nSPS) is 15.6. The number of anilines is 1. The minimum Gasteiger partial charge on any atom is -0.353 e. The van der Waals surface area contributed by atoms with E-state index in [1.165, 1.54) is 0 Å². The third-order valence-corrected chi connectivity index (χ3v) is 3.18. The lowest BCUT2D eigenvalue weighted by molar-refractivity contribution is -0.141. The zero-order chi connectivity index (χ0) is 14.0. The molecule has 1 aromatic rings. The van der Waals surface area contributed by atoms with Crippen molar-refractivity contribution in [3.8, 4) is 0 Å². The molecule has 0 saturated heterocycles. The summed E-state index contributed by atoms with van der Waals surface area (Å²) in [5, 5.41) is -0.355. The molecule has 1 aliphatic rings. The monoisotopic (exact) mass is 293 g/mol. The molecule has 1 saturated carbocycles. The van der Waals surface area contributed by atoms with E-state index in [9.17, 15) is 13.2 Å². The maximum Gasteiger partial charge on any atom is 0.433 e. The van der Waals surface area contributed by atoms with Gasteiger partial charge in [-0.3, -0.25) is 0 Å². The molecule has 0 bridgehead atoms. The molecule has 1 aliphatic carbocycles. The number of aromatic nitrogens is 2. The molecule has 0 aliphatic heterocycles. The highest BCUT2D eigenvalue weighted by atomic mass is 35.5. The molecule has 19 heavy (non-hydrogen) atoms. The maximum atomic E-state index is 12.7. The summed E-state index contributed by atoms with van der Waals surface area (Å²) in [5.41, 5.74) is -0.982. The Morgan fingerprint density at radius 2 is 2.05 bits per heavy atom. The summed E-state index contributed by atoms with van der Waals surface area (Å²) in [6, 6.07) is 1.28. The number of unbranched alkanes of at least 4 members (excludes halogenated alkanes) is 1. The van der Waals surface area contributed by atoms with Crippen LogP contribution in [0.3, 0.4) is 0 Å². The molecule has 0 unspecified atom stereocenters. The summed E-state index contributed by atoms with van der Waals surface area (Å²) >= 11 is 5.61. The summed E-state index contributed by atoms with van der Waals surface area (Å²) in [5.74, 6) is 0.281. The smallest absolute Gasteiger partial charge is 0.353 e. The fourth-order valence-corrected chi connectivity index (χ4v) is 2.07. The molecule has 0 radical (unpaired) electrons. The molecular formula is C12H15ClF3N3. The lowest BCUT2D eigenvalue weighted by Crippen LogP contribution is -2.28. The summed E-state index contributed by atoms with van der Waals surface area (Å²) in [4.78, 5) is 9.10. The topological polar surface area (TPSA) is 29.0 Å². The van der Waals surface area contributed by atoms with Crippen LogP contribution in [-0.2, 0) is 6.18 Å². The van der Waals surface area contributed by atoms with Crippen molar-refractivity contribution >= 4 is 17.4 Å². The summed E-state index contributed by atoms with van der Waals surface area (Å²) < 4.78 is 38.1. The third-order valence-electron chi connectivity index (χ3n) is 3.01. The van der Waals surface area contributed by atoms with Gasteiger partial charge >= 0.3 is 6.18 Å². The van der Waals surface area contributed by atoms with E-state index in [0.29, 0.717) is 12.6 Å². The van der Waals surface area contributed by atoms with E-state index >= 15 is 0 Å². The van der Waals surface area contributed by atoms with E-state index in [-0.39, 0.29) is 11.1 Å². The van der Waals surface area contributed by atoms with Crippen LogP contribution in [0, 0.1) is 0 Å². The van der Waals surface area contributed by atoms with Gasteiger partial charge in [0.2, 0.25) is 5.28 Å². The lowest BCUT2D eigenvalue weighted by Gasteiger charge is -2.24. The van der Waals surface area contributed by atoms with Gasteiger partial charge in [0.25, 0.3) is 0 Å². The standard InChI is InChI=1S/C12H15ClF3N3/c1-2-3-6-19(8-4-5-8)10-7-9(12(14,15)16)17-11(13)18-10/h7-8H,2-6H2,1H3. The van der Waals surface area contributed by atoms with Gasteiger partial charge in [-0.1, -0.05) is 13.3 Å². The summed E-state index contributed by atoms with van der Waals surface area (Å²) in [7, 11) is 0. The lowest BCUT2D eigenvalue weighted by atomic mass is 10.3. The van der Waals surface area contributed by atoms with Gasteiger partial charge in [-0.2, -0.15) is 13.2 Å². The Kier molecular flexibility index (Phi) is 4.18. The Labute approximate surface area is 114 Å². The van der Waals surface area contributed by atoms with Crippen molar-refractivity contribution in [2.45, 2.75) is 44.8 Å². The number of rotatable bonds is 5. The first-order chi connectivity index (χ1) is 8.91. The number of nitrogens with zero attached hydrogens (tertiary/aromatic N) is 3. The van der Waals surface area contributed by atoms with E-state index in [2.05, 4.69) is 9.97 Å². The van der Waals surface area contributed by atoms with Crippen molar-refractivity contribution in [1.82, 2.24) is 9.97 Å². The average molecular weight is 294 g/mol. The first kappa shape index (κ1) is 14.4. The minimum atomic E-state index is -4.50. The SMILES string of the molecule is CCCCN(c1cc(C(F)(F)F)nc(Cl)n1)C1CC1. The zero-order valence-electron chi connectivity index (χ0n) is 10.5. The molecule has 2 rings (SSSR count). The van der Waals surface area contributed by atoms with Gasteiger partial charge in [0.05, 0.1) is 0 Å². The summed E-state index contributed by atoms with van der Waals surface area (Å²) in [6.07, 6.45) is -0.617. The Hall–Kier alpha value is -1.04. The molecule has 1 heterocycles. The molecule has 1 fully saturated rings. The van der Waals surface area contributed by atoms with Crippen LogP contribution in [0.4, 0.5) is 19.0 Å².